The number of allylic oxidation sites excluding steroid dienone is 8. The second-order valence-corrected chi connectivity index (χ2v) is 14.8. The van der Waals surface area contributed by atoms with Gasteiger partial charge in [-0.2, -0.15) is 0 Å². The van der Waals surface area contributed by atoms with Crippen LogP contribution in [-0.4, -0.2) is 17.5 Å². The van der Waals surface area contributed by atoms with Crippen LogP contribution in [0, 0.1) is 12.8 Å². The van der Waals surface area contributed by atoms with Gasteiger partial charge in [-0.3, -0.25) is 4.99 Å². The zero-order valence-electron chi connectivity index (χ0n) is 25.3. The zero-order valence-corrected chi connectivity index (χ0v) is 26.2. The van der Waals surface area contributed by atoms with Gasteiger partial charge >= 0.3 is 0 Å². The Morgan fingerprint density at radius 3 is 2.58 bits per heavy atom. The van der Waals surface area contributed by atoms with Crippen LogP contribution in [0.2, 0.25) is 0 Å². The van der Waals surface area contributed by atoms with Crippen LogP contribution in [0.25, 0.3) is 16.3 Å². The molecule has 0 aromatic heterocycles. The number of nitrogens with two attached hydrogens (primary N) is 1. The highest BCUT2D eigenvalue weighted by Crippen LogP contribution is 2.61. The van der Waals surface area contributed by atoms with Crippen molar-refractivity contribution in [3.63, 3.8) is 0 Å². The highest BCUT2D eigenvalue weighted by molar-refractivity contribution is 7.62. The maximum absolute atomic E-state index is 6.30. The highest BCUT2D eigenvalue weighted by Gasteiger charge is 2.34. The molecule has 2 N–H and O–H groups in total. The van der Waals surface area contributed by atoms with Gasteiger partial charge in [0.1, 0.15) is 0 Å². The third-order valence-electron chi connectivity index (χ3n) is 8.75. The van der Waals surface area contributed by atoms with Gasteiger partial charge in [-0.25, -0.2) is 0 Å². The molecule has 2 aromatic carbocycles. The fraction of sp³-hybridized carbons (Fsp3) is 0.378. The van der Waals surface area contributed by atoms with E-state index in [0.29, 0.717) is 0 Å². The van der Waals surface area contributed by atoms with Crippen molar-refractivity contribution in [3.8, 4) is 0 Å². The summed E-state index contributed by atoms with van der Waals surface area (Å²) in [5, 5.41) is 4.11. The molecule has 1 fully saturated rings. The van der Waals surface area contributed by atoms with E-state index in [2.05, 4.69) is 77.9 Å². The monoisotopic (exact) mass is 550 g/mol. The quantitative estimate of drug-likeness (QED) is 0.143. The summed E-state index contributed by atoms with van der Waals surface area (Å²) >= 11 is 0. The van der Waals surface area contributed by atoms with Gasteiger partial charge in [0.2, 0.25) is 0 Å². The number of anilines is 1. The molecule has 2 nitrogen and oxygen atoms in total. The molecule has 40 heavy (non-hydrogen) atoms. The van der Waals surface area contributed by atoms with E-state index in [1.807, 2.05) is 25.1 Å². The Hall–Kier alpha value is -2.96. The summed E-state index contributed by atoms with van der Waals surface area (Å²) in [4.78, 5) is 4.92. The van der Waals surface area contributed by atoms with Crippen molar-refractivity contribution in [2.75, 3.05) is 11.9 Å². The van der Waals surface area contributed by atoms with Gasteiger partial charge in [0.25, 0.3) is 0 Å². The average Bonchev–Trinajstić information content (AvgIpc) is 2.93. The van der Waals surface area contributed by atoms with Crippen LogP contribution in [0.1, 0.15) is 76.5 Å². The molecular formula is C37H47N2P. The van der Waals surface area contributed by atoms with Gasteiger partial charge < -0.3 is 5.73 Å². The molecule has 0 radical (unpaired) electrons. The first kappa shape index (κ1) is 30.0. The van der Waals surface area contributed by atoms with Crippen molar-refractivity contribution in [2.24, 2.45) is 10.9 Å². The lowest BCUT2D eigenvalue weighted by atomic mass is 9.90. The molecule has 3 atom stereocenters. The van der Waals surface area contributed by atoms with Crippen molar-refractivity contribution in [3.05, 3.63) is 107 Å². The summed E-state index contributed by atoms with van der Waals surface area (Å²) in [5.41, 5.74) is 17.8. The van der Waals surface area contributed by atoms with E-state index in [-0.39, 0.29) is 7.92 Å². The van der Waals surface area contributed by atoms with Crippen LogP contribution in [-0.2, 0) is 6.42 Å². The van der Waals surface area contributed by atoms with E-state index in [1.165, 1.54) is 64.9 Å². The number of rotatable bonds is 9. The molecule has 0 aliphatic carbocycles. The zero-order chi connectivity index (χ0) is 29.0. The Bertz CT molecular complexity index is 1450. The maximum Gasteiger partial charge on any atom is 0.0441 e. The summed E-state index contributed by atoms with van der Waals surface area (Å²) in [6.45, 7) is 23.2. The molecule has 2 aliphatic heterocycles. The van der Waals surface area contributed by atoms with Gasteiger partial charge in [0.05, 0.1) is 0 Å². The standard InChI is InChI=1S/C37H47N2P/c1-9-25(5)18-30-13-14-34-19-29(15-16-40(34)28(30)8)17-26(6)23-39-33(10-2)20-31-12-11-27(7)37-35(24(3)4)21-32(38)22-36(31)37/h9-12,18,21-23,29,34H,1-3,13-17,19-20,38H2,4-8H3/b25-18-,26-23+,39-33+. The van der Waals surface area contributed by atoms with Gasteiger partial charge in [-0.1, -0.05) is 68.7 Å². The predicted molar refractivity (Wildman–Crippen MR) is 182 cm³/mol. The molecule has 0 bridgehead atoms. The van der Waals surface area contributed by atoms with Crippen LogP contribution in [0.5, 0.6) is 0 Å². The first-order valence-electron chi connectivity index (χ1n) is 14.7. The number of benzene rings is 2. The second-order valence-electron chi connectivity index (χ2n) is 12.0. The molecular weight excluding hydrogens is 503 g/mol. The number of hydrogen-bond acceptors (Lipinski definition) is 2. The summed E-state index contributed by atoms with van der Waals surface area (Å²) in [7, 11) is 0.0167. The maximum atomic E-state index is 6.30. The van der Waals surface area contributed by atoms with Crippen LogP contribution in [0.3, 0.4) is 0 Å². The molecule has 210 valence electrons. The Balaban J connectivity index is 1.46. The molecule has 2 aromatic rings. The van der Waals surface area contributed by atoms with Crippen molar-refractivity contribution in [1.29, 1.82) is 0 Å². The van der Waals surface area contributed by atoms with E-state index in [0.717, 1.165) is 47.0 Å². The number of hydrogen-bond donors (Lipinski definition) is 1. The summed E-state index contributed by atoms with van der Waals surface area (Å²) < 4.78 is 0. The minimum absolute atomic E-state index is 0.0167. The molecule has 2 aliphatic rings. The van der Waals surface area contributed by atoms with Crippen LogP contribution < -0.4 is 5.73 Å². The summed E-state index contributed by atoms with van der Waals surface area (Å²) in [6.07, 6.45) is 16.9. The lowest BCUT2D eigenvalue weighted by Crippen LogP contribution is -2.24. The van der Waals surface area contributed by atoms with E-state index >= 15 is 0 Å². The third-order valence-corrected chi connectivity index (χ3v) is 12.0. The smallest absolute Gasteiger partial charge is 0.0441 e. The third kappa shape index (κ3) is 6.84. The first-order valence-corrected chi connectivity index (χ1v) is 16.3. The summed E-state index contributed by atoms with van der Waals surface area (Å²) in [6, 6.07) is 8.53. The topological polar surface area (TPSA) is 38.4 Å². The Labute approximate surface area is 244 Å². The highest BCUT2D eigenvalue weighted by atomic mass is 31.1. The van der Waals surface area contributed by atoms with Crippen molar-refractivity contribution < 1.29 is 0 Å². The van der Waals surface area contributed by atoms with Gasteiger partial charge in [-0.15, -0.1) is 0 Å². The number of aryl methyl sites for hydroxylation is 1. The normalized spacial score (nSPS) is 22.3. The minimum Gasteiger partial charge on any atom is -0.399 e. The van der Waals surface area contributed by atoms with Crippen molar-refractivity contribution in [2.45, 2.75) is 78.8 Å². The molecule has 3 unspecified atom stereocenters. The molecule has 2 heterocycles. The lowest BCUT2D eigenvalue weighted by Gasteiger charge is -2.41. The predicted octanol–water partition coefficient (Wildman–Crippen LogP) is 10.7. The lowest BCUT2D eigenvalue weighted by molar-refractivity contribution is 0.430. The molecule has 0 spiro atoms. The summed E-state index contributed by atoms with van der Waals surface area (Å²) in [5.74, 6) is 0.770. The fourth-order valence-electron chi connectivity index (χ4n) is 6.53. The van der Waals surface area contributed by atoms with E-state index < -0.39 is 0 Å². The van der Waals surface area contributed by atoms with Crippen LogP contribution >= 0.6 is 7.92 Å². The minimum atomic E-state index is 0.0167. The fourth-order valence-corrected chi connectivity index (χ4v) is 9.96. The SMILES string of the molecule is C=C/C(C)=C\C1=C(C)P2CCC(C/C(C)=C/N=C(\C=C)Cc3ccc(C)c4c(C(=C)C)cc(N)cc34)CC2CC1. The van der Waals surface area contributed by atoms with Crippen molar-refractivity contribution >= 4 is 35.7 Å². The van der Waals surface area contributed by atoms with Gasteiger partial charge in [0, 0.05) is 24.0 Å². The first-order chi connectivity index (χ1) is 19.1. The van der Waals surface area contributed by atoms with Crippen molar-refractivity contribution in [1.82, 2.24) is 0 Å². The number of nitrogens with zero attached hydrogens (tertiary/aromatic N) is 1. The Morgan fingerprint density at radius 1 is 1.10 bits per heavy atom. The Kier molecular flexibility index (Phi) is 9.85. The number of nitrogen functional groups attached to an aromatic ring is 1. The molecule has 4 rings (SSSR count). The number of fused-ring (bicyclic) bond motifs is 2. The van der Waals surface area contributed by atoms with Crippen LogP contribution in [0.15, 0.2) is 95.5 Å². The Morgan fingerprint density at radius 2 is 1.88 bits per heavy atom. The molecule has 0 saturated carbocycles. The number of aliphatic imine (C=N–C) groups is 1. The van der Waals surface area contributed by atoms with E-state index in [9.17, 15) is 0 Å². The second kappa shape index (κ2) is 13.1. The van der Waals surface area contributed by atoms with Gasteiger partial charge in [0.15, 0.2) is 0 Å². The van der Waals surface area contributed by atoms with E-state index in [4.69, 9.17) is 10.7 Å². The van der Waals surface area contributed by atoms with Gasteiger partial charge in [-0.05, 0) is 141 Å². The molecule has 0 amide bonds. The molecule has 1 saturated heterocycles. The van der Waals surface area contributed by atoms with Crippen LogP contribution in [0.4, 0.5) is 5.69 Å². The average molecular weight is 551 g/mol. The molecule has 3 heteroatoms. The largest absolute Gasteiger partial charge is 0.399 e. The van der Waals surface area contributed by atoms with E-state index in [1.54, 1.807) is 10.9 Å².